The van der Waals surface area contributed by atoms with Crippen molar-refractivity contribution in [1.82, 2.24) is 14.7 Å². The first-order chi connectivity index (χ1) is 18.7. The molecule has 0 radical (unpaired) electrons. The molecule has 2 aromatic heterocycles. The number of thiophene rings is 1. The molecule has 1 unspecified atom stereocenters. The highest BCUT2D eigenvalue weighted by Gasteiger charge is 2.47. The summed E-state index contributed by atoms with van der Waals surface area (Å²) in [6.07, 6.45) is 2.79. The molecule has 1 saturated heterocycles. The van der Waals surface area contributed by atoms with Gasteiger partial charge in [-0.25, -0.2) is 18.0 Å². The van der Waals surface area contributed by atoms with E-state index in [0.29, 0.717) is 28.4 Å². The quantitative estimate of drug-likeness (QED) is 0.226. The number of esters is 1. The topological polar surface area (TPSA) is 59.7 Å². The second-order valence-electron chi connectivity index (χ2n) is 9.45. The summed E-state index contributed by atoms with van der Waals surface area (Å²) >= 11 is 7.97. The average molecular weight is 575 g/mol. The average Bonchev–Trinajstić information content (AvgIpc) is 3.62. The molecule has 204 valence electrons. The molecule has 3 aromatic rings. The summed E-state index contributed by atoms with van der Waals surface area (Å²) in [4.78, 5) is 19.6. The highest BCUT2D eigenvalue weighted by molar-refractivity contribution is 7.12. The standard InChI is InChI=1S/C28H26ClF3N4O2S/c1-3-38-24(37)8-10-28(32)14-22-25(21-9-11-35(34-21)15-17(2)30)26(19-7-6-18(31)13-20(19)29)33-27(36(22)16-28)23-5-4-12-39-23/h4-13,17,26H,3,14-16H2,1-2H3/b10-8+/t17?,26-,28+/m0/s1. The Morgan fingerprint density at radius 3 is 2.87 bits per heavy atom. The molecule has 0 amide bonds. The molecule has 2 aliphatic heterocycles. The third kappa shape index (κ3) is 5.67. The molecule has 1 aromatic carbocycles. The van der Waals surface area contributed by atoms with Gasteiger partial charge in [-0.05, 0) is 49.6 Å². The second-order valence-corrected chi connectivity index (χ2v) is 10.8. The minimum absolute atomic E-state index is 0.0489. The number of hydrogen-bond acceptors (Lipinski definition) is 6. The van der Waals surface area contributed by atoms with Crippen LogP contribution >= 0.6 is 22.9 Å². The number of halogens is 4. The highest BCUT2D eigenvalue weighted by atomic mass is 35.5. The lowest BCUT2D eigenvalue weighted by molar-refractivity contribution is -0.137. The summed E-state index contributed by atoms with van der Waals surface area (Å²) < 4.78 is 50.6. The number of amidine groups is 1. The SMILES string of the molecule is CCOC(=O)/C=C/[C@@]1(F)CC2=C(c3ccn(CC(C)F)n3)[C@H](c3ccc(F)cc3Cl)N=C(c3cccs3)N2C1. The molecule has 0 N–H and O–H groups in total. The summed E-state index contributed by atoms with van der Waals surface area (Å²) in [5.41, 5.74) is 0.282. The Hall–Kier alpha value is -3.37. The van der Waals surface area contributed by atoms with Crippen LogP contribution in [0.4, 0.5) is 13.2 Å². The van der Waals surface area contributed by atoms with Crippen LogP contribution in [0.5, 0.6) is 0 Å². The number of allylic oxidation sites excluding steroid dienone is 1. The molecule has 2 aliphatic rings. The van der Waals surface area contributed by atoms with E-state index < -0.39 is 29.7 Å². The van der Waals surface area contributed by atoms with E-state index in [9.17, 15) is 13.6 Å². The number of benzene rings is 1. The number of rotatable bonds is 8. The number of carbonyl (C=O) groups is 1. The fourth-order valence-electron chi connectivity index (χ4n) is 4.87. The van der Waals surface area contributed by atoms with Crippen LogP contribution in [0.2, 0.25) is 5.02 Å². The zero-order valence-corrected chi connectivity index (χ0v) is 22.9. The van der Waals surface area contributed by atoms with Crippen molar-refractivity contribution in [2.75, 3.05) is 13.2 Å². The smallest absolute Gasteiger partial charge is 0.330 e. The molecule has 3 atom stereocenters. The molecular weight excluding hydrogens is 549 g/mol. The van der Waals surface area contributed by atoms with Crippen LogP contribution in [-0.2, 0) is 16.1 Å². The Labute approximate surface area is 233 Å². The van der Waals surface area contributed by atoms with E-state index in [4.69, 9.17) is 21.3 Å². The molecule has 6 nitrogen and oxygen atoms in total. The third-order valence-corrected chi connectivity index (χ3v) is 7.65. The largest absolute Gasteiger partial charge is 0.463 e. The normalized spacial score (nSPS) is 21.8. The van der Waals surface area contributed by atoms with Gasteiger partial charge >= 0.3 is 5.97 Å². The lowest BCUT2D eigenvalue weighted by atomic mass is 9.91. The van der Waals surface area contributed by atoms with E-state index in [1.165, 1.54) is 41.2 Å². The minimum atomic E-state index is -1.91. The van der Waals surface area contributed by atoms with E-state index >= 15 is 4.39 Å². The number of ether oxygens (including phenoxy) is 1. The summed E-state index contributed by atoms with van der Waals surface area (Å²) in [5, 5.41) is 6.65. The Bertz CT molecular complexity index is 1470. The monoisotopic (exact) mass is 574 g/mol. The first-order valence-electron chi connectivity index (χ1n) is 12.5. The van der Waals surface area contributed by atoms with Crippen LogP contribution in [0.3, 0.4) is 0 Å². The maximum Gasteiger partial charge on any atom is 0.330 e. The van der Waals surface area contributed by atoms with Gasteiger partial charge in [0.05, 0.1) is 30.3 Å². The summed E-state index contributed by atoms with van der Waals surface area (Å²) in [7, 11) is 0. The number of nitrogens with zero attached hydrogens (tertiary/aromatic N) is 4. The first-order valence-corrected chi connectivity index (χ1v) is 13.7. The number of carbonyl (C=O) groups excluding carboxylic acids is 1. The van der Waals surface area contributed by atoms with Gasteiger partial charge < -0.3 is 9.64 Å². The van der Waals surface area contributed by atoms with Crippen molar-refractivity contribution >= 4 is 40.3 Å². The number of hydrogen-bond donors (Lipinski definition) is 0. The Kier molecular flexibility index (Phi) is 7.68. The van der Waals surface area contributed by atoms with E-state index in [0.717, 1.165) is 11.0 Å². The van der Waals surface area contributed by atoms with E-state index in [1.807, 2.05) is 17.5 Å². The second kappa shape index (κ2) is 11.0. The lowest BCUT2D eigenvalue weighted by Gasteiger charge is -2.32. The van der Waals surface area contributed by atoms with Crippen molar-refractivity contribution in [3.8, 4) is 0 Å². The van der Waals surface area contributed by atoms with Gasteiger partial charge in [0, 0.05) is 40.5 Å². The van der Waals surface area contributed by atoms with Gasteiger partial charge in [-0.2, -0.15) is 5.10 Å². The van der Waals surface area contributed by atoms with Crippen LogP contribution < -0.4 is 0 Å². The molecule has 39 heavy (non-hydrogen) atoms. The van der Waals surface area contributed by atoms with Crippen LogP contribution in [-0.4, -0.2) is 51.5 Å². The Morgan fingerprint density at radius 2 is 2.18 bits per heavy atom. The van der Waals surface area contributed by atoms with Crippen molar-refractivity contribution in [2.45, 2.75) is 44.7 Å². The van der Waals surface area contributed by atoms with Gasteiger partial charge in [0.15, 0.2) is 5.67 Å². The summed E-state index contributed by atoms with van der Waals surface area (Å²) in [5.74, 6) is -0.586. The van der Waals surface area contributed by atoms with E-state index in [1.54, 1.807) is 30.2 Å². The van der Waals surface area contributed by atoms with Crippen molar-refractivity contribution < 1.29 is 22.7 Å². The van der Waals surface area contributed by atoms with Crippen molar-refractivity contribution in [3.05, 3.63) is 92.8 Å². The van der Waals surface area contributed by atoms with Crippen molar-refractivity contribution in [3.63, 3.8) is 0 Å². The molecule has 5 rings (SSSR count). The van der Waals surface area contributed by atoms with Gasteiger partial charge in [-0.1, -0.05) is 23.7 Å². The zero-order chi connectivity index (χ0) is 27.7. The number of aliphatic imine (C=N–C) groups is 1. The van der Waals surface area contributed by atoms with Crippen LogP contribution in [0.25, 0.3) is 5.57 Å². The molecule has 0 spiro atoms. The van der Waals surface area contributed by atoms with E-state index in [2.05, 4.69) is 5.10 Å². The maximum atomic E-state index is 16.4. The number of alkyl halides is 2. The van der Waals surface area contributed by atoms with Crippen molar-refractivity contribution in [2.24, 2.45) is 4.99 Å². The Balaban J connectivity index is 1.68. The highest BCUT2D eigenvalue weighted by Crippen LogP contribution is 2.49. The molecule has 4 heterocycles. The van der Waals surface area contributed by atoms with E-state index in [-0.39, 0.29) is 31.1 Å². The Morgan fingerprint density at radius 1 is 1.36 bits per heavy atom. The summed E-state index contributed by atoms with van der Waals surface area (Å²) in [6.45, 7) is 3.25. The molecule has 1 fully saturated rings. The predicted molar refractivity (Wildman–Crippen MR) is 146 cm³/mol. The fourth-order valence-corrected chi connectivity index (χ4v) is 5.87. The fraction of sp³-hybridized carbons (Fsp3) is 0.321. The molecule has 0 aliphatic carbocycles. The summed E-state index contributed by atoms with van der Waals surface area (Å²) in [6, 6.07) is 8.84. The molecule has 11 heteroatoms. The van der Waals surface area contributed by atoms with Crippen LogP contribution in [0.1, 0.15) is 42.4 Å². The van der Waals surface area contributed by atoms with Crippen molar-refractivity contribution in [1.29, 1.82) is 0 Å². The van der Waals surface area contributed by atoms with Gasteiger partial charge in [-0.3, -0.25) is 9.67 Å². The molecule has 0 saturated carbocycles. The first kappa shape index (κ1) is 27.2. The van der Waals surface area contributed by atoms with Crippen LogP contribution in [0.15, 0.2) is 70.8 Å². The minimum Gasteiger partial charge on any atom is -0.463 e. The number of aromatic nitrogens is 2. The van der Waals surface area contributed by atoms with Crippen LogP contribution in [0, 0.1) is 5.82 Å². The maximum absolute atomic E-state index is 16.4. The van der Waals surface area contributed by atoms with Gasteiger partial charge in [0.1, 0.15) is 23.9 Å². The molecule has 0 bridgehead atoms. The number of fused-ring (bicyclic) bond motifs is 1. The molecular formula is C28H26ClF3N4O2S. The van der Waals surface area contributed by atoms with Gasteiger partial charge in [0.25, 0.3) is 0 Å². The van der Waals surface area contributed by atoms with Gasteiger partial charge in [-0.15, -0.1) is 11.3 Å². The zero-order valence-electron chi connectivity index (χ0n) is 21.3. The third-order valence-electron chi connectivity index (χ3n) is 6.46. The predicted octanol–water partition coefficient (Wildman–Crippen LogP) is 6.54. The lowest BCUT2D eigenvalue weighted by Crippen LogP contribution is -2.35. The van der Waals surface area contributed by atoms with Gasteiger partial charge in [0.2, 0.25) is 0 Å².